The highest BCUT2D eigenvalue weighted by atomic mass is 35.5. The van der Waals surface area contributed by atoms with Gasteiger partial charge in [-0.25, -0.2) is 0 Å². The molecule has 3 rings (SSSR count). The first-order valence-electron chi connectivity index (χ1n) is 11.3. The zero-order chi connectivity index (χ0) is 22.9. The summed E-state index contributed by atoms with van der Waals surface area (Å²) in [5.41, 5.74) is 2.09. The molecule has 3 N–H and O–H groups in total. The van der Waals surface area contributed by atoms with E-state index in [9.17, 15) is 9.59 Å². The highest BCUT2D eigenvalue weighted by Gasteiger charge is 2.18. The average molecular weight is 458 g/mol. The van der Waals surface area contributed by atoms with Crippen LogP contribution in [-0.4, -0.2) is 30.5 Å². The summed E-state index contributed by atoms with van der Waals surface area (Å²) in [7, 11) is 0. The molecule has 2 aromatic carbocycles. The van der Waals surface area contributed by atoms with Crippen LogP contribution in [0.4, 0.5) is 5.69 Å². The summed E-state index contributed by atoms with van der Waals surface area (Å²) in [6.45, 7) is 4.49. The van der Waals surface area contributed by atoms with Gasteiger partial charge in [-0.3, -0.25) is 9.59 Å². The van der Waals surface area contributed by atoms with Crippen LogP contribution >= 0.6 is 11.6 Å². The molecular weight excluding hydrogens is 426 g/mol. The molecule has 1 aliphatic carbocycles. The van der Waals surface area contributed by atoms with Crippen molar-refractivity contribution in [3.63, 3.8) is 0 Å². The van der Waals surface area contributed by atoms with Gasteiger partial charge in [-0.1, -0.05) is 43.0 Å². The van der Waals surface area contributed by atoms with Gasteiger partial charge in [-0.15, -0.1) is 0 Å². The minimum absolute atomic E-state index is 0.0971. The summed E-state index contributed by atoms with van der Waals surface area (Å²) in [6, 6.07) is 13.0. The number of hydrogen-bond acceptors (Lipinski definition) is 4. The molecule has 0 aliphatic heterocycles. The molecule has 7 heteroatoms. The van der Waals surface area contributed by atoms with Gasteiger partial charge >= 0.3 is 0 Å². The van der Waals surface area contributed by atoms with Crippen molar-refractivity contribution < 1.29 is 14.3 Å². The number of benzene rings is 2. The molecule has 0 spiro atoms. The van der Waals surface area contributed by atoms with E-state index in [2.05, 4.69) is 16.0 Å². The summed E-state index contributed by atoms with van der Waals surface area (Å²) < 4.78 is 5.62. The zero-order valence-corrected chi connectivity index (χ0v) is 19.5. The van der Waals surface area contributed by atoms with E-state index in [4.69, 9.17) is 16.3 Å². The number of hydrogen-bond donors (Lipinski definition) is 3. The third-order valence-electron chi connectivity index (χ3n) is 5.39. The Labute approximate surface area is 195 Å². The van der Waals surface area contributed by atoms with Crippen molar-refractivity contribution in [3.05, 3.63) is 58.6 Å². The Hall–Kier alpha value is -2.73. The van der Waals surface area contributed by atoms with E-state index in [1.165, 1.54) is 6.42 Å². The van der Waals surface area contributed by atoms with E-state index in [1.54, 1.807) is 18.2 Å². The van der Waals surface area contributed by atoms with Crippen molar-refractivity contribution in [2.75, 3.05) is 11.9 Å². The van der Waals surface area contributed by atoms with Gasteiger partial charge in [0.2, 0.25) is 5.91 Å². The summed E-state index contributed by atoms with van der Waals surface area (Å²) in [5.74, 6) is 0.498. The van der Waals surface area contributed by atoms with Gasteiger partial charge in [0.1, 0.15) is 5.75 Å². The second-order valence-electron chi connectivity index (χ2n) is 8.44. The fourth-order valence-corrected chi connectivity index (χ4v) is 3.93. The predicted molar refractivity (Wildman–Crippen MR) is 128 cm³/mol. The Morgan fingerprint density at radius 2 is 1.78 bits per heavy atom. The first-order valence-corrected chi connectivity index (χ1v) is 11.6. The van der Waals surface area contributed by atoms with Gasteiger partial charge in [0.05, 0.1) is 23.2 Å². The molecule has 172 valence electrons. The van der Waals surface area contributed by atoms with Crippen molar-refractivity contribution >= 4 is 29.1 Å². The van der Waals surface area contributed by atoms with Gasteiger partial charge in [0.15, 0.2) is 0 Å². The normalized spacial score (nSPS) is 14.1. The first-order chi connectivity index (χ1) is 15.4. The number of nitrogens with one attached hydrogen (secondary N) is 3. The molecule has 1 fully saturated rings. The number of rotatable bonds is 9. The maximum absolute atomic E-state index is 12.7. The molecule has 1 aliphatic rings. The van der Waals surface area contributed by atoms with Crippen LogP contribution in [0.25, 0.3) is 0 Å². The van der Waals surface area contributed by atoms with Crippen LogP contribution < -0.4 is 20.7 Å². The molecular formula is C25H32ClN3O3. The van der Waals surface area contributed by atoms with E-state index < -0.39 is 0 Å². The van der Waals surface area contributed by atoms with Gasteiger partial charge in [-0.2, -0.15) is 0 Å². The topological polar surface area (TPSA) is 79.5 Å². The van der Waals surface area contributed by atoms with Crippen LogP contribution in [0.15, 0.2) is 42.5 Å². The Bertz CT molecular complexity index is 909. The van der Waals surface area contributed by atoms with Crippen molar-refractivity contribution in [3.8, 4) is 5.75 Å². The van der Waals surface area contributed by atoms with Gasteiger partial charge < -0.3 is 20.7 Å². The molecule has 0 aromatic heterocycles. The Kier molecular flexibility index (Phi) is 8.80. The van der Waals surface area contributed by atoms with E-state index in [-0.39, 0.29) is 30.5 Å². The van der Waals surface area contributed by atoms with Crippen molar-refractivity contribution in [2.24, 2.45) is 0 Å². The number of amides is 2. The smallest absolute Gasteiger partial charge is 0.253 e. The lowest BCUT2D eigenvalue weighted by atomic mass is 9.95. The molecule has 0 bridgehead atoms. The minimum atomic E-state index is -0.167. The maximum Gasteiger partial charge on any atom is 0.253 e. The van der Waals surface area contributed by atoms with Crippen LogP contribution in [0.2, 0.25) is 5.02 Å². The summed E-state index contributed by atoms with van der Waals surface area (Å²) in [5, 5.41) is 9.43. The van der Waals surface area contributed by atoms with Crippen LogP contribution in [-0.2, 0) is 11.3 Å². The quantitative estimate of drug-likeness (QED) is 0.499. The number of anilines is 1. The number of halogens is 1. The molecule has 2 amide bonds. The van der Waals surface area contributed by atoms with E-state index >= 15 is 0 Å². The second kappa shape index (κ2) is 11.8. The minimum Gasteiger partial charge on any atom is -0.491 e. The summed E-state index contributed by atoms with van der Waals surface area (Å²) in [4.78, 5) is 24.9. The fourth-order valence-electron chi connectivity index (χ4n) is 3.72. The molecule has 0 saturated heterocycles. The third kappa shape index (κ3) is 7.45. The van der Waals surface area contributed by atoms with Gasteiger partial charge in [0, 0.05) is 18.3 Å². The number of carbonyl (C=O) groups excluding carboxylic acids is 2. The monoisotopic (exact) mass is 457 g/mol. The standard InChI is InChI=1S/C25H32ClN3O3/c1-17(2)32-21-11-8-18(9-12-21)15-28-24(30)16-27-20-10-13-23(26)22(14-20)25(31)29-19-6-4-3-5-7-19/h8-14,17,19,27H,3-7,15-16H2,1-2H3,(H,28,30)(H,29,31). The Morgan fingerprint density at radius 3 is 2.47 bits per heavy atom. The largest absolute Gasteiger partial charge is 0.491 e. The lowest BCUT2D eigenvalue weighted by Crippen LogP contribution is -2.36. The lowest BCUT2D eigenvalue weighted by molar-refractivity contribution is -0.119. The average Bonchev–Trinajstić information content (AvgIpc) is 2.78. The molecule has 2 aromatic rings. The SMILES string of the molecule is CC(C)Oc1ccc(CNC(=O)CNc2ccc(Cl)c(C(=O)NC3CCCCC3)c2)cc1. The zero-order valence-electron chi connectivity index (χ0n) is 18.7. The molecule has 6 nitrogen and oxygen atoms in total. The van der Waals surface area contributed by atoms with Crippen LogP contribution in [0.1, 0.15) is 61.9 Å². The van der Waals surface area contributed by atoms with E-state index in [1.807, 2.05) is 38.1 Å². The first kappa shape index (κ1) is 23.9. The van der Waals surface area contributed by atoms with Crippen molar-refractivity contribution in [1.82, 2.24) is 10.6 Å². The molecule has 1 saturated carbocycles. The molecule has 32 heavy (non-hydrogen) atoms. The van der Waals surface area contributed by atoms with E-state index in [0.717, 1.165) is 37.0 Å². The van der Waals surface area contributed by atoms with E-state index in [0.29, 0.717) is 22.8 Å². The highest BCUT2D eigenvalue weighted by Crippen LogP contribution is 2.23. The molecule has 0 radical (unpaired) electrons. The molecule has 0 atom stereocenters. The fraction of sp³-hybridized carbons (Fsp3) is 0.440. The highest BCUT2D eigenvalue weighted by molar-refractivity contribution is 6.34. The van der Waals surface area contributed by atoms with Crippen LogP contribution in [0.5, 0.6) is 5.75 Å². The van der Waals surface area contributed by atoms with Gasteiger partial charge in [0.25, 0.3) is 5.91 Å². The summed E-state index contributed by atoms with van der Waals surface area (Å²) in [6.07, 6.45) is 5.66. The van der Waals surface area contributed by atoms with Crippen molar-refractivity contribution in [2.45, 2.75) is 64.6 Å². The second-order valence-corrected chi connectivity index (χ2v) is 8.85. The third-order valence-corrected chi connectivity index (χ3v) is 5.72. The number of carbonyl (C=O) groups is 2. The Morgan fingerprint density at radius 1 is 1.06 bits per heavy atom. The van der Waals surface area contributed by atoms with Gasteiger partial charge in [-0.05, 0) is 62.6 Å². The van der Waals surface area contributed by atoms with Crippen molar-refractivity contribution in [1.29, 1.82) is 0 Å². The van der Waals surface area contributed by atoms with Crippen LogP contribution in [0.3, 0.4) is 0 Å². The summed E-state index contributed by atoms with van der Waals surface area (Å²) >= 11 is 6.25. The maximum atomic E-state index is 12.7. The lowest BCUT2D eigenvalue weighted by Gasteiger charge is -2.23. The molecule has 0 heterocycles. The molecule has 0 unspecified atom stereocenters. The predicted octanol–water partition coefficient (Wildman–Crippen LogP) is 4.92. The Balaban J connectivity index is 1.47. The number of ether oxygens (including phenoxy) is 1. The van der Waals surface area contributed by atoms with Crippen LogP contribution in [0, 0.1) is 0 Å².